The van der Waals surface area contributed by atoms with E-state index in [9.17, 15) is 0 Å². The molecule has 1 aromatic heterocycles. The SMILES string of the molecule is NC(=S)c1cc2c(nc1NCC1CC1)CCCC2. The van der Waals surface area contributed by atoms with Gasteiger partial charge < -0.3 is 11.1 Å². The van der Waals surface area contributed by atoms with E-state index < -0.39 is 0 Å². The number of nitrogens with zero attached hydrogens (tertiary/aromatic N) is 1. The van der Waals surface area contributed by atoms with Gasteiger partial charge in [0.05, 0.1) is 5.56 Å². The molecule has 2 aliphatic rings. The van der Waals surface area contributed by atoms with Crippen LogP contribution in [0.25, 0.3) is 0 Å². The molecule has 2 aliphatic carbocycles. The predicted octanol–water partition coefficient (Wildman–Crippen LogP) is 2.42. The summed E-state index contributed by atoms with van der Waals surface area (Å²) in [5.74, 6) is 1.72. The van der Waals surface area contributed by atoms with E-state index in [0.29, 0.717) is 4.99 Å². The zero-order valence-corrected chi connectivity index (χ0v) is 11.4. The highest BCUT2D eigenvalue weighted by Crippen LogP contribution is 2.30. The number of hydrogen-bond donors (Lipinski definition) is 2. The topological polar surface area (TPSA) is 50.9 Å². The molecule has 0 aromatic carbocycles. The highest BCUT2D eigenvalue weighted by molar-refractivity contribution is 7.80. The van der Waals surface area contributed by atoms with Crippen LogP contribution in [-0.2, 0) is 12.8 Å². The van der Waals surface area contributed by atoms with Crippen LogP contribution < -0.4 is 11.1 Å². The quantitative estimate of drug-likeness (QED) is 0.817. The molecule has 1 saturated carbocycles. The average Bonchev–Trinajstić information content (AvgIpc) is 3.19. The lowest BCUT2D eigenvalue weighted by atomic mass is 9.94. The van der Waals surface area contributed by atoms with Crippen LogP contribution in [0.2, 0.25) is 0 Å². The van der Waals surface area contributed by atoms with Gasteiger partial charge in [-0.05, 0) is 56.1 Å². The van der Waals surface area contributed by atoms with Crippen LogP contribution in [0.3, 0.4) is 0 Å². The van der Waals surface area contributed by atoms with Crippen molar-refractivity contribution in [2.24, 2.45) is 11.7 Å². The minimum atomic E-state index is 0.453. The molecule has 0 amide bonds. The molecular weight excluding hydrogens is 242 g/mol. The van der Waals surface area contributed by atoms with Crippen LogP contribution >= 0.6 is 12.2 Å². The van der Waals surface area contributed by atoms with Gasteiger partial charge >= 0.3 is 0 Å². The summed E-state index contributed by atoms with van der Waals surface area (Å²) in [7, 11) is 0. The number of fused-ring (bicyclic) bond motifs is 1. The highest BCUT2D eigenvalue weighted by Gasteiger charge is 2.22. The van der Waals surface area contributed by atoms with E-state index in [1.54, 1.807) is 0 Å². The Labute approximate surface area is 113 Å². The van der Waals surface area contributed by atoms with Crippen LogP contribution in [0.4, 0.5) is 5.82 Å². The number of nitrogens with two attached hydrogens (primary N) is 1. The third kappa shape index (κ3) is 2.48. The lowest BCUT2D eigenvalue weighted by Gasteiger charge is -2.19. The zero-order chi connectivity index (χ0) is 12.5. The summed E-state index contributed by atoms with van der Waals surface area (Å²) in [6.07, 6.45) is 7.36. The number of anilines is 1. The molecule has 3 N–H and O–H groups in total. The largest absolute Gasteiger partial charge is 0.389 e. The Balaban J connectivity index is 1.90. The Morgan fingerprint density at radius 2 is 2.17 bits per heavy atom. The van der Waals surface area contributed by atoms with Crippen molar-refractivity contribution in [3.8, 4) is 0 Å². The minimum Gasteiger partial charge on any atom is -0.389 e. The van der Waals surface area contributed by atoms with Gasteiger partial charge in [-0.2, -0.15) is 0 Å². The summed E-state index contributed by atoms with van der Waals surface area (Å²) in [6, 6.07) is 2.15. The van der Waals surface area contributed by atoms with Gasteiger partial charge in [0.1, 0.15) is 10.8 Å². The van der Waals surface area contributed by atoms with Gasteiger partial charge in [0.25, 0.3) is 0 Å². The Kier molecular flexibility index (Phi) is 3.20. The number of pyridine rings is 1. The summed E-state index contributed by atoms with van der Waals surface area (Å²) in [6.45, 7) is 1.00. The van der Waals surface area contributed by atoms with Gasteiger partial charge in [-0.15, -0.1) is 0 Å². The monoisotopic (exact) mass is 261 g/mol. The third-order valence-electron chi connectivity index (χ3n) is 3.82. The molecule has 96 valence electrons. The average molecular weight is 261 g/mol. The number of nitrogens with one attached hydrogen (secondary N) is 1. The van der Waals surface area contributed by atoms with Crippen molar-refractivity contribution < 1.29 is 0 Å². The van der Waals surface area contributed by atoms with Gasteiger partial charge in [0.2, 0.25) is 0 Å². The molecule has 0 aliphatic heterocycles. The fourth-order valence-electron chi connectivity index (χ4n) is 2.52. The Morgan fingerprint density at radius 1 is 1.39 bits per heavy atom. The van der Waals surface area contributed by atoms with Gasteiger partial charge in [0, 0.05) is 12.2 Å². The smallest absolute Gasteiger partial charge is 0.136 e. The van der Waals surface area contributed by atoms with E-state index in [1.165, 1.54) is 36.9 Å². The first kappa shape index (κ1) is 11.9. The van der Waals surface area contributed by atoms with Gasteiger partial charge in [-0.1, -0.05) is 12.2 Å². The Morgan fingerprint density at radius 3 is 2.89 bits per heavy atom. The summed E-state index contributed by atoms with van der Waals surface area (Å²) < 4.78 is 0. The molecule has 0 bridgehead atoms. The van der Waals surface area contributed by atoms with Crippen LogP contribution in [0.1, 0.15) is 42.5 Å². The fourth-order valence-corrected chi connectivity index (χ4v) is 2.67. The van der Waals surface area contributed by atoms with Crippen molar-refractivity contribution in [2.45, 2.75) is 38.5 Å². The maximum atomic E-state index is 5.82. The molecule has 0 saturated heterocycles. The van der Waals surface area contributed by atoms with Crippen LogP contribution in [0.5, 0.6) is 0 Å². The summed E-state index contributed by atoms with van der Waals surface area (Å²) in [4.78, 5) is 5.21. The summed E-state index contributed by atoms with van der Waals surface area (Å²) >= 11 is 5.15. The molecule has 3 nitrogen and oxygen atoms in total. The lowest BCUT2D eigenvalue weighted by Crippen LogP contribution is -2.18. The van der Waals surface area contributed by atoms with E-state index in [4.69, 9.17) is 22.9 Å². The van der Waals surface area contributed by atoms with Crippen LogP contribution in [-0.4, -0.2) is 16.5 Å². The van der Waals surface area contributed by atoms with Crippen molar-refractivity contribution in [1.82, 2.24) is 4.98 Å². The second-order valence-electron chi connectivity index (χ2n) is 5.39. The molecular formula is C14H19N3S. The molecule has 0 unspecified atom stereocenters. The maximum absolute atomic E-state index is 5.82. The fraction of sp³-hybridized carbons (Fsp3) is 0.571. The maximum Gasteiger partial charge on any atom is 0.136 e. The van der Waals surface area contributed by atoms with E-state index >= 15 is 0 Å². The van der Waals surface area contributed by atoms with Crippen molar-refractivity contribution in [1.29, 1.82) is 0 Å². The number of hydrogen-bond acceptors (Lipinski definition) is 3. The van der Waals surface area contributed by atoms with Crippen molar-refractivity contribution >= 4 is 23.0 Å². The van der Waals surface area contributed by atoms with Crippen molar-refractivity contribution in [3.05, 3.63) is 22.9 Å². The van der Waals surface area contributed by atoms with Crippen LogP contribution in [0.15, 0.2) is 6.07 Å². The number of rotatable bonds is 4. The zero-order valence-electron chi connectivity index (χ0n) is 10.5. The van der Waals surface area contributed by atoms with Gasteiger partial charge in [0.15, 0.2) is 0 Å². The normalized spacial score (nSPS) is 18.2. The molecule has 0 spiro atoms. The molecule has 0 radical (unpaired) electrons. The minimum absolute atomic E-state index is 0.453. The summed E-state index contributed by atoms with van der Waals surface area (Å²) in [5, 5.41) is 3.43. The summed E-state index contributed by atoms with van der Waals surface area (Å²) in [5.41, 5.74) is 9.31. The van der Waals surface area contributed by atoms with Gasteiger partial charge in [-0.3, -0.25) is 0 Å². The molecule has 4 heteroatoms. The predicted molar refractivity (Wildman–Crippen MR) is 78.0 cm³/mol. The van der Waals surface area contributed by atoms with Gasteiger partial charge in [-0.25, -0.2) is 4.98 Å². The van der Waals surface area contributed by atoms with E-state index in [1.807, 2.05) is 0 Å². The third-order valence-corrected chi connectivity index (χ3v) is 4.04. The van der Waals surface area contributed by atoms with Crippen molar-refractivity contribution in [3.63, 3.8) is 0 Å². The molecule has 0 atom stereocenters. The second-order valence-corrected chi connectivity index (χ2v) is 5.83. The standard InChI is InChI=1S/C14H19N3S/c15-13(18)11-7-10-3-1-2-4-12(10)17-14(11)16-8-9-5-6-9/h7,9H,1-6,8H2,(H2,15,18)(H,16,17). The van der Waals surface area contributed by atoms with E-state index in [0.717, 1.165) is 36.7 Å². The Bertz CT molecular complexity index is 480. The number of aryl methyl sites for hydroxylation is 2. The Hall–Kier alpha value is -1.16. The number of aromatic nitrogens is 1. The lowest BCUT2D eigenvalue weighted by molar-refractivity contribution is 0.668. The van der Waals surface area contributed by atoms with E-state index in [-0.39, 0.29) is 0 Å². The highest BCUT2D eigenvalue weighted by atomic mass is 32.1. The second kappa shape index (κ2) is 4.84. The molecule has 1 heterocycles. The molecule has 18 heavy (non-hydrogen) atoms. The first-order valence-corrected chi connectivity index (χ1v) is 7.21. The van der Waals surface area contributed by atoms with E-state index in [2.05, 4.69) is 11.4 Å². The molecule has 1 fully saturated rings. The van der Waals surface area contributed by atoms with Crippen molar-refractivity contribution in [2.75, 3.05) is 11.9 Å². The molecule has 3 rings (SSSR count). The molecule has 1 aromatic rings. The van der Waals surface area contributed by atoms with Crippen LogP contribution in [0, 0.1) is 5.92 Å². The first-order chi connectivity index (χ1) is 8.74. The number of thiocarbonyl (C=S) groups is 1. The first-order valence-electron chi connectivity index (χ1n) is 6.80.